The Morgan fingerprint density at radius 3 is 1.82 bits per heavy atom. The van der Waals surface area contributed by atoms with E-state index < -0.39 is 16.7 Å². The van der Waals surface area contributed by atoms with Crippen molar-refractivity contribution in [1.82, 2.24) is 0 Å². The second-order valence-corrected chi connectivity index (χ2v) is 6.18. The van der Waals surface area contributed by atoms with Crippen LogP contribution in [0.4, 0.5) is 8.78 Å². The fourth-order valence-corrected chi connectivity index (χ4v) is 3.86. The van der Waals surface area contributed by atoms with Gasteiger partial charge in [0.05, 0.1) is 21.3 Å². The zero-order valence-corrected chi connectivity index (χ0v) is 13.3. The maximum Gasteiger partial charge on any atom is 0.410 e. The first kappa shape index (κ1) is 16.4. The van der Waals surface area contributed by atoms with Gasteiger partial charge >= 0.3 is 5.76 Å². The Hall–Kier alpha value is -1.95. The molecule has 118 valence electrons. The van der Waals surface area contributed by atoms with E-state index in [-0.39, 0.29) is 0 Å². The van der Waals surface area contributed by atoms with Crippen molar-refractivity contribution in [2.75, 3.05) is 21.3 Å². The van der Waals surface area contributed by atoms with Crippen molar-refractivity contribution in [3.05, 3.63) is 42.5 Å². The molecule has 2 aromatic rings. The van der Waals surface area contributed by atoms with Crippen LogP contribution in [-0.2, 0) is 10.9 Å². The normalized spacial score (nSPS) is 12.1. The molecule has 22 heavy (non-hydrogen) atoms. The summed E-state index contributed by atoms with van der Waals surface area (Å²) in [4.78, 5) is 0.867. The van der Waals surface area contributed by atoms with Crippen LogP contribution in [0.25, 0.3) is 0 Å². The predicted molar refractivity (Wildman–Crippen MR) is 82.4 cm³/mol. The minimum absolute atomic E-state index is 0.323. The van der Waals surface area contributed by atoms with Crippen molar-refractivity contribution in [1.29, 1.82) is 0 Å². The van der Waals surface area contributed by atoms with Crippen LogP contribution < -0.4 is 14.2 Å². The lowest BCUT2D eigenvalue weighted by Crippen LogP contribution is -2.15. The summed E-state index contributed by atoms with van der Waals surface area (Å²) < 4.78 is 43.3. The van der Waals surface area contributed by atoms with Crippen LogP contribution in [0.15, 0.2) is 52.3 Å². The third-order valence-electron chi connectivity index (χ3n) is 3.07. The van der Waals surface area contributed by atoms with E-state index in [1.54, 1.807) is 42.5 Å². The van der Waals surface area contributed by atoms with Crippen LogP contribution in [0, 0.1) is 0 Å². The molecule has 2 rings (SSSR count). The number of methoxy groups -OCH3 is 3. The standard InChI is InChI=1S/C16H17F2O3S/c1-19-11-9-13(20-2)15(14(10-11)21-3)22(16(17)18)12-7-5-4-6-8-12/h4-10,16H,1-3H3/q+1. The molecule has 1 atom stereocenters. The minimum atomic E-state index is -2.57. The van der Waals surface area contributed by atoms with Gasteiger partial charge in [-0.1, -0.05) is 18.2 Å². The average molecular weight is 327 g/mol. The van der Waals surface area contributed by atoms with E-state index in [9.17, 15) is 8.78 Å². The van der Waals surface area contributed by atoms with Crippen LogP contribution in [0.3, 0.4) is 0 Å². The Labute approximate surface area is 131 Å². The van der Waals surface area contributed by atoms with Gasteiger partial charge in [0.2, 0.25) is 4.90 Å². The van der Waals surface area contributed by atoms with Crippen LogP contribution >= 0.6 is 0 Å². The third-order valence-corrected chi connectivity index (χ3v) is 5.04. The van der Waals surface area contributed by atoms with Gasteiger partial charge in [-0.15, -0.1) is 0 Å². The summed E-state index contributed by atoms with van der Waals surface area (Å²) in [6, 6.07) is 11.8. The number of hydrogen-bond donors (Lipinski definition) is 0. The first-order valence-corrected chi connectivity index (χ1v) is 7.77. The summed E-state index contributed by atoms with van der Waals surface area (Å²) in [6.45, 7) is 0. The highest BCUT2D eigenvalue weighted by molar-refractivity contribution is 7.97. The molecule has 0 N–H and O–H groups in total. The first-order valence-electron chi connectivity index (χ1n) is 6.48. The molecule has 3 nitrogen and oxygen atoms in total. The maximum absolute atomic E-state index is 13.8. The highest BCUT2D eigenvalue weighted by Crippen LogP contribution is 2.43. The molecule has 0 aliphatic rings. The molecule has 0 aromatic heterocycles. The molecule has 0 aliphatic carbocycles. The van der Waals surface area contributed by atoms with Gasteiger partial charge in [-0.3, -0.25) is 0 Å². The van der Waals surface area contributed by atoms with Crippen molar-refractivity contribution >= 4 is 10.9 Å². The van der Waals surface area contributed by atoms with Gasteiger partial charge in [-0.2, -0.15) is 8.78 Å². The summed E-state index contributed by atoms with van der Waals surface area (Å²) in [7, 11) is 2.90. The van der Waals surface area contributed by atoms with Crippen LogP contribution in [-0.4, -0.2) is 27.1 Å². The van der Waals surface area contributed by atoms with Gasteiger partial charge in [0.1, 0.15) is 16.6 Å². The zero-order valence-electron chi connectivity index (χ0n) is 12.5. The quantitative estimate of drug-likeness (QED) is 0.751. The number of alkyl halides is 2. The van der Waals surface area contributed by atoms with Gasteiger partial charge in [0.25, 0.3) is 0 Å². The largest absolute Gasteiger partial charge is 0.496 e. The molecule has 0 bridgehead atoms. The van der Waals surface area contributed by atoms with E-state index in [1.807, 2.05) is 0 Å². The van der Waals surface area contributed by atoms with Crippen molar-refractivity contribution < 1.29 is 23.0 Å². The van der Waals surface area contributed by atoms with Gasteiger partial charge in [0, 0.05) is 12.1 Å². The average Bonchev–Trinajstić information content (AvgIpc) is 2.55. The number of hydrogen-bond acceptors (Lipinski definition) is 3. The third kappa shape index (κ3) is 3.27. The number of rotatable bonds is 6. The second-order valence-electron chi connectivity index (χ2n) is 4.27. The Morgan fingerprint density at radius 1 is 0.864 bits per heavy atom. The van der Waals surface area contributed by atoms with Crippen molar-refractivity contribution in [3.63, 3.8) is 0 Å². The van der Waals surface area contributed by atoms with E-state index in [1.165, 1.54) is 21.3 Å². The molecule has 0 aliphatic heterocycles. The predicted octanol–water partition coefficient (Wildman–Crippen LogP) is 3.97. The number of benzene rings is 2. The van der Waals surface area contributed by atoms with Crippen LogP contribution in [0.1, 0.15) is 0 Å². The lowest BCUT2D eigenvalue weighted by Gasteiger charge is -2.15. The molecule has 0 fully saturated rings. The molecule has 2 aromatic carbocycles. The monoisotopic (exact) mass is 327 g/mol. The fourth-order valence-electron chi connectivity index (χ4n) is 2.07. The number of ether oxygens (including phenoxy) is 3. The molecular weight excluding hydrogens is 310 g/mol. The highest BCUT2D eigenvalue weighted by Gasteiger charge is 2.42. The summed E-state index contributed by atoms with van der Waals surface area (Å²) in [6.07, 6.45) is 0. The molecule has 0 spiro atoms. The fraction of sp³-hybridized carbons (Fsp3) is 0.250. The zero-order chi connectivity index (χ0) is 16.1. The van der Waals surface area contributed by atoms with E-state index in [4.69, 9.17) is 14.2 Å². The summed E-state index contributed by atoms with van der Waals surface area (Å²) in [5, 5.41) is 0. The van der Waals surface area contributed by atoms with Crippen LogP contribution in [0.5, 0.6) is 17.2 Å². The highest BCUT2D eigenvalue weighted by atomic mass is 32.2. The molecule has 0 saturated heterocycles. The molecule has 6 heteroatoms. The van der Waals surface area contributed by atoms with E-state index >= 15 is 0 Å². The molecule has 0 heterocycles. The summed E-state index contributed by atoms with van der Waals surface area (Å²) in [5.41, 5.74) is 0. The molecule has 0 saturated carbocycles. The van der Waals surface area contributed by atoms with E-state index in [0.29, 0.717) is 27.0 Å². The Bertz CT molecular complexity index is 595. The van der Waals surface area contributed by atoms with Gasteiger partial charge in [-0.05, 0) is 12.1 Å². The van der Waals surface area contributed by atoms with Crippen molar-refractivity contribution in [3.8, 4) is 17.2 Å². The van der Waals surface area contributed by atoms with Crippen molar-refractivity contribution in [2.45, 2.75) is 15.5 Å². The maximum atomic E-state index is 13.8. The molecule has 0 amide bonds. The molecule has 0 radical (unpaired) electrons. The summed E-state index contributed by atoms with van der Waals surface area (Å²) >= 11 is 0. The Morgan fingerprint density at radius 2 is 1.41 bits per heavy atom. The summed E-state index contributed by atoms with van der Waals surface area (Å²) in [5.74, 6) is -1.44. The smallest absolute Gasteiger partial charge is 0.410 e. The van der Waals surface area contributed by atoms with Crippen LogP contribution in [0.2, 0.25) is 0 Å². The first-order chi connectivity index (χ1) is 10.6. The lowest BCUT2D eigenvalue weighted by molar-refractivity contribution is 0.246. The molecular formula is C16H17F2O3S+. The number of halogens is 2. The van der Waals surface area contributed by atoms with E-state index in [0.717, 1.165) is 0 Å². The van der Waals surface area contributed by atoms with Gasteiger partial charge in [0.15, 0.2) is 16.4 Å². The van der Waals surface area contributed by atoms with Gasteiger partial charge < -0.3 is 14.2 Å². The van der Waals surface area contributed by atoms with Gasteiger partial charge in [-0.25, -0.2) is 0 Å². The lowest BCUT2D eigenvalue weighted by atomic mass is 10.3. The SMILES string of the molecule is COc1cc(OC)c([S+](c2ccccc2)C(F)F)c(OC)c1. The van der Waals surface area contributed by atoms with Crippen molar-refractivity contribution in [2.24, 2.45) is 0 Å². The minimum Gasteiger partial charge on any atom is -0.496 e. The second kappa shape index (κ2) is 7.35. The topological polar surface area (TPSA) is 27.7 Å². The van der Waals surface area contributed by atoms with E-state index in [2.05, 4.69) is 0 Å². The molecule has 1 unspecified atom stereocenters. The Kier molecular flexibility index (Phi) is 5.49. The Balaban J connectivity index is 2.65.